The van der Waals surface area contributed by atoms with E-state index in [9.17, 15) is 4.79 Å². The molecule has 1 atom stereocenters. The fourth-order valence-electron chi connectivity index (χ4n) is 3.39. The van der Waals surface area contributed by atoms with Crippen molar-refractivity contribution in [1.29, 1.82) is 0 Å². The summed E-state index contributed by atoms with van der Waals surface area (Å²) in [6.45, 7) is 1.07. The molecule has 34 heavy (non-hydrogen) atoms. The number of rotatable bonds is 11. The molecule has 0 aliphatic carbocycles. The van der Waals surface area contributed by atoms with Crippen molar-refractivity contribution in [3.63, 3.8) is 0 Å². The highest BCUT2D eigenvalue weighted by Gasteiger charge is 2.19. The largest absolute Gasteiger partial charge is 0.485 e. The number of hydrogen-bond acceptors (Lipinski definition) is 4. The molecule has 0 aliphatic heterocycles. The Morgan fingerprint density at radius 1 is 0.618 bits per heavy atom. The van der Waals surface area contributed by atoms with Gasteiger partial charge >= 0.3 is 0 Å². The van der Waals surface area contributed by atoms with Crippen molar-refractivity contribution in [2.45, 2.75) is 24.6 Å². The molecule has 0 bridgehead atoms. The van der Waals surface area contributed by atoms with Gasteiger partial charge in [-0.25, -0.2) is 0 Å². The molecule has 0 aliphatic rings. The van der Waals surface area contributed by atoms with E-state index in [4.69, 9.17) is 14.2 Å². The number of ether oxygens (including phenoxy) is 3. The maximum Gasteiger partial charge on any atom is 0.203 e. The zero-order valence-corrected chi connectivity index (χ0v) is 20.2. The quantitative estimate of drug-likeness (QED) is 0.158. The van der Waals surface area contributed by atoms with Crippen molar-refractivity contribution in [2.75, 3.05) is 0 Å². The standard InChI is InChI=1S/C29H25BrO4/c30-26(18-31)25-16-27(32-19-22-10-4-1-5-11-22)29(34-21-24-14-8-3-9-15-24)28(17-25)33-20-23-12-6-2-7-13-23/h1-18,26H,19-21H2/t26-/m1/s1. The number of carbonyl (C=O) groups excluding carboxylic acids is 1. The van der Waals surface area contributed by atoms with Gasteiger partial charge in [-0.05, 0) is 34.4 Å². The predicted molar refractivity (Wildman–Crippen MR) is 136 cm³/mol. The number of alkyl halides is 1. The van der Waals surface area contributed by atoms with Crippen LogP contribution in [0.15, 0.2) is 103 Å². The Kier molecular flexibility index (Phi) is 8.36. The minimum atomic E-state index is -0.492. The molecule has 0 saturated heterocycles. The molecule has 0 N–H and O–H groups in total. The fourth-order valence-corrected chi connectivity index (χ4v) is 3.66. The Morgan fingerprint density at radius 3 is 1.38 bits per heavy atom. The van der Waals surface area contributed by atoms with Crippen LogP contribution in [0.1, 0.15) is 27.1 Å². The molecule has 5 heteroatoms. The van der Waals surface area contributed by atoms with Crippen LogP contribution in [0, 0.1) is 0 Å². The monoisotopic (exact) mass is 516 g/mol. The van der Waals surface area contributed by atoms with Crippen LogP contribution in [0.25, 0.3) is 0 Å². The van der Waals surface area contributed by atoms with E-state index in [2.05, 4.69) is 15.9 Å². The minimum Gasteiger partial charge on any atom is -0.485 e. The second-order valence-corrected chi connectivity index (χ2v) is 8.69. The number of hydrogen-bond donors (Lipinski definition) is 0. The molecule has 172 valence electrons. The summed E-state index contributed by atoms with van der Waals surface area (Å²) in [5, 5.41) is 0. The normalized spacial score (nSPS) is 11.4. The van der Waals surface area contributed by atoms with Crippen molar-refractivity contribution in [3.05, 3.63) is 125 Å². The molecule has 0 saturated carbocycles. The zero-order valence-electron chi connectivity index (χ0n) is 18.6. The van der Waals surface area contributed by atoms with Crippen LogP contribution < -0.4 is 14.2 Å². The summed E-state index contributed by atoms with van der Waals surface area (Å²) in [5.41, 5.74) is 3.81. The van der Waals surface area contributed by atoms with Crippen molar-refractivity contribution in [3.8, 4) is 17.2 Å². The maximum atomic E-state index is 11.5. The third-order valence-electron chi connectivity index (χ3n) is 5.18. The summed E-state index contributed by atoms with van der Waals surface area (Å²) in [5.74, 6) is 1.54. The summed E-state index contributed by atoms with van der Waals surface area (Å²) >= 11 is 3.43. The first-order valence-electron chi connectivity index (χ1n) is 11.0. The van der Waals surface area contributed by atoms with Crippen LogP contribution in [0.4, 0.5) is 0 Å². The molecule has 0 heterocycles. The van der Waals surface area contributed by atoms with Gasteiger partial charge in [-0.15, -0.1) is 0 Å². The lowest BCUT2D eigenvalue weighted by atomic mass is 10.1. The molecular formula is C29H25BrO4. The number of benzene rings is 4. The van der Waals surface area contributed by atoms with Crippen LogP contribution in [-0.2, 0) is 24.6 Å². The number of aldehydes is 1. The molecule has 0 spiro atoms. The van der Waals surface area contributed by atoms with Gasteiger partial charge in [0, 0.05) is 0 Å². The van der Waals surface area contributed by atoms with Crippen LogP contribution in [0.3, 0.4) is 0 Å². The maximum absolute atomic E-state index is 11.5. The molecule has 0 radical (unpaired) electrons. The second kappa shape index (κ2) is 12.1. The Labute approximate surface area is 208 Å². The van der Waals surface area contributed by atoms with Gasteiger partial charge in [0.05, 0.1) is 4.83 Å². The molecule has 4 rings (SSSR count). The van der Waals surface area contributed by atoms with Crippen molar-refractivity contribution >= 4 is 22.2 Å². The van der Waals surface area contributed by atoms with E-state index in [1.165, 1.54) is 0 Å². The first kappa shape index (κ1) is 23.6. The molecule has 0 amide bonds. The van der Waals surface area contributed by atoms with Gasteiger partial charge in [0.1, 0.15) is 26.1 Å². The van der Waals surface area contributed by atoms with Gasteiger partial charge in [0.2, 0.25) is 5.75 Å². The lowest BCUT2D eigenvalue weighted by molar-refractivity contribution is -0.107. The highest BCUT2D eigenvalue weighted by Crippen LogP contribution is 2.42. The minimum absolute atomic E-state index is 0.356. The fraction of sp³-hybridized carbons (Fsp3) is 0.138. The summed E-state index contributed by atoms with van der Waals surface area (Å²) in [6.07, 6.45) is 0.835. The Morgan fingerprint density at radius 2 is 1.00 bits per heavy atom. The van der Waals surface area contributed by atoms with Gasteiger partial charge < -0.3 is 19.0 Å². The van der Waals surface area contributed by atoms with Gasteiger partial charge in [-0.2, -0.15) is 0 Å². The number of halogens is 1. The van der Waals surface area contributed by atoms with Crippen LogP contribution in [0.5, 0.6) is 17.2 Å². The zero-order chi connectivity index (χ0) is 23.6. The highest BCUT2D eigenvalue weighted by atomic mass is 79.9. The first-order valence-corrected chi connectivity index (χ1v) is 11.9. The van der Waals surface area contributed by atoms with Gasteiger partial charge in [0.25, 0.3) is 0 Å². The van der Waals surface area contributed by atoms with Crippen molar-refractivity contribution in [2.24, 2.45) is 0 Å². The molecule has 4 aromatic rings. The van der Waals surface area contributed by atoms with E-state index < -0.39 is 4.83 Å². The first-order chi connectivity index (χ1) is 16.7. The van der Waals surface area contributed by atoms with Crippen LogP contribution in [-0.4, -0.2) is 6.29 Å². The SMILES string of the molecule is O=C[C@@H](Br)c1cc(OCc2ccccc2)c(OCc2ccccc2)c(OCc2ccccc2)c1. The molecule has 4 aromatic carbocycles. The lowest BCUT2D eigenvalue weighted by Crippen LogP contribution is -2.06. The molecule has 4 nitrogen and oxygen atoms in total. The molecule has 0 fully saturated rings. The van der Waals surface area contributed by atoms with Gasteiger partial charge in [-0.1, -0.05) is 107 Å². The van der Waals surface area contributed by atoms with Gasteiger partial charge in [-0.3, -0.25) is 0 Å². The van der Waals surface area contributed by atoms with Crippen LogP contribution in [0.2, 0.25) is 0 Å². The van der Waals surface area contributed by atoms with Crippen molar-refractivity contribution < 1.29 is 19.0 Å². The van der Waals surface area contributed by atoms with E-state index in [1.54, 1.807) is 0 Å². The summed E-state index contributed by atoms with van der Waals surface area (Å²) in [7, 11) is 0. The molecule has 0 aromatic heterocycles. The Bertz CT molecular complexity index is 1120. The molecular weight excluding hydrogens is 492 g/mol. The smallest absolute Gasteiger partial charge is 0.203 e. The third-order valence-corrected chi connectivity index (χ3v) is 5.93. The summed E-state index contributed by atoms with van der Waals surface area (Å²) in [6, 6.07) is 33.4. The van der Waals surface area contributed by atoms with E-state index in [1.807, 2.05) is 103 Å². The third kappa shape index (κ3) is 6.49. The lowest BCUT2D eigenvalue weighted by Gasteiger charge is -2.19. The average Bonchev–Trinajstić information content (AvgIpc) is 2.91. The van der Waals surface area contributed by atoms with Crippen molar-refractivity contribution in [1.82, 2.24) is 0 Å². The molecule has 0 unspecified atom stereocenters. The predicted octanol–water partition coefficient (Wildman–Crippen LogP) is 7.06. The van der Waals surface area contributed by atoms with E-state index in [0.29, 0.717) is 37.1 Å². The Balaban J connectivity index is 1.67. The van der Waals surface area contributed by atoms with Crippen LogP contribution >= 0.6 is 15.9 Å². The van der Waals surface area contributed by atoms with E-state index in [0.717, 1.165) is 28.5 Å². The van der Waals surface area contributed by atoms with E-state index in [-0.39, 0.29) is 0 Å². The van der Waals surface area contributed by atoms with E-state index >= 15 is 0 Å². The average molecular weight is 517 g/mol. The highest BCUT2D eigenvalue weighted by molar-refractivity contribution is 9.09. The van der Waals surface area contributed by atoms with Gasteiger partial charge in [0.15, 0.2) is 11.5 Å². The summed E-state index contributed by atoms with van der Waals surface area (Å²) < 4.78 is 18.6. The second-order valence-electron chi connectivity index (χ2n) is 7.71. The number of carbonyl (C=O) groups is 1. The summed E-state index contributed by atoms with van der Waals surface area (Å²) in [4.78, 5) is 11.0. The Hall–Kier alpha value is -3.57. The topological polar surface area (TPSA) is 44.8 Å².